The van der Waals surface area contributed by atoms with Crippen molar-refractivity contribution >= 4 is 48.0 Å². The van der Waals surface area contributed by atoms with Gasteiger partial charge in [0.05, 0.1) is 6.54 Å². The van der Waals surface area contributed by atoms with Crippen molar-refractivity contribution in [1.82, 2.24) is 4.90 Å². The van der Waals surface area contributed by atoms with E-state index in [1.807, 2.05) is 24.3 Å². The van der Waals surface area contributed by atoms with Crippen LogP contribution in [0.2, 0.25) is 0 Å². The van der Waals surface area contributed by atoms with Gasteiger partial charge in [-0.2, -0.15) is 0 Å². The number of anilines is 2. The van der Waals surface area contributed by atoms with Crippen LogP contribution in [0.5, 0.6) is 0 Å². The minimum Gasteiger partial charge on any atom is -0.328 e. The Morgan fingerprint density at radius 3 is 2.03 bits per heavy atom. The van der Waals surface area contributed by atoms with E-state index in [4.69, 9.17) is 5.73 Å². The molecule has 0 radical (unpaired) electrons. The summed E-state index contributed by atoms with van der Waals surface area (Å²) in [4.78, 5) is 27.0. The summed E-state index contributed by atoms with van der Waals surface area (Å²) in [6.45, 7) is 2.45. The fourth-order valence-corrected chi connectivity index (χ4v) is 4.22. The zero-order chi connectivity index (χ0) is 19.8. The van der Waals surface area contributed by atoms with Gasteiger partial charge in [0.1, 0.15) is 0 Å². The molecule has 0 spiro atoms. The number of nitrogens with two attached hydrogens (primary N) is 1. The summed E-state index contributed by atoms with van der Waals surface area (Å²) in [5.74, 6) is 0.0681. The van der Waals surface area contributed by atoms with Gasteiger partial charge in [-0.15, -0.1) is 24.8 Å². The average molecular weight is 459 g/mol. The molecule has 3 rings (SSSR count). The molecule has 8 heteroatoms. The largest absolute Gasteiger partial charge is 0.328 e. The number of hydrogen-bond donors (Lipinski definition) is 3. The Hall–Kier alpha value is -1.34. The molecular formula is C22H36Cl2N4O2. The SMILES string of the molecule is Cl.Cl.NC1CCCC(C(=O)Nc2ccc(NC(=O)CN3CCCCCCC3)cc2)C1. The summed E-state index contributed by atoms with van der Waals surface area (Å²) in [7, 11) is 0. The molecule has 1 saturated heterocycles. The molecule has 1 saturated carbocycles. The van der Waals surface area contributed by atoms with Crippen LogP contribution in [0.1, 0.15) is 57.8 Å². The number of benzene rings is 1. The van der Waals surface area contributed by atoms with Crippen molar-refractivity contribution in [2.45, 2.75) is 63.8 Å². The van der Waals surface area contributed by atoms with Crippen LogP contribution in [0.15, 0.2) is 24.3 Å². The molecular weight excluding hydrogens is 423 g/mol. The second kappa shape index (κ2) is 13.9. The molecule has 1 aromatic rings. The van der Waals surface area contributed by atoms with Crippen molar-refractivity contribution in [3.63, 3.8) is 0 Å². The number of amides is 2. The number of rotatable bonds is 5. The highest BCUT2D eigenvalue weighted by atomic mass is 35.5. The van der Waals surface area contributed by atoms with Crippen molar-refractivity contribution in [1.29, 1.82) is 0 Å². The lowest BCUT2D eigenvalue weighted by Crippen LogP contribution is -2.35. The molecule has 0 aromatic heterocycles. The predicted octanol–water partition coefficient (Wildman–Crippen LogP) is 4.19. The lowest BCUT2D eigenvalue weighted by molar-refractivity contribution is -0.121. The molecule has 170 valence electrons. The number of carbonyl (C=O) groups excluding carboxylic acids is 2. The molecule has 4 N–H and O–H groups in total. The van der Waals surface area contributed by atoms with E-state index >= 15 is 0 Å². The van der Waals surface area contributed by atoms with Gasteiger partial charge < -0.3 is 16.4 Å². The van der Waals surface area contributed by atoms with Crippen molar-refractivity contribution in [3.05, 3.63) is 24.3 Å². The van der Waals surface area contributed by atoms with Gasteiger partial charge in [-0.05, 0) is 69.5 Å². The first-order valence-corrected chi connectivity index (χ1v) is 10.8. The summed E-state index contributed by atoms with van der Waals surface area (Å²) in [6, 6.07) is 7.50. The Kier molecular flexibility index (Phi) is 12.3. The first kappa shape index (κ1) is 26.7. The maximum atomic E-state index is 12.4. The lowest BCUT2D eigenvalue weighted by atomic mass is 9.85. The van der Waals surface area contributed by atoms with Gasteiger partial charge in [-0.25, -0.2) is 0 Å². The quantitative estimate of drug-likeness (QED) is 0.616. The number of hydrogen-bond acceptors (Lipinski definition) is 4. The van der Waals surface area contributed by atoms with Crippen LogP contribution < -0.4 is 16.4 Å². The van der Waals surface area contributed by atoms with Crippen LogP contribution in [-0.4, -0.2) is 42.4 Å². The molecule has 2 atom stereocenters. The van der Waals surface area contributed by atoms with Crippen molar-refractivity contribution in [2.24, 2.45) is 11.7 Å². The maximum Gasteiger partial charge on any atom is 0.238 e. The minimum absolute atomic E-state index is 0. The van der Waals surface area contributed by atoms with Gasteiger partial charge in [0, 0.05) is 23.3 Å². The molecule has 2 aliphatic rings. The third-order valence-corrected chi connectivity index (χ3v) is 5.84. The normalized spacial score (nSPS) is 22.4. The fourth-order valence-electron chi connectivity index (χ4n) is 4.22. The Labute approximate surface area is 192 Å². The summed E-state index contributed by atoms with van der Waals surface area (Å²) in [5.41, 5.74) is 7.50. The molecule has 1 heterocycles. The second-order valence-electron chi connectivity index (χ2n) is 8.28. The zero-order valence-corrected chi connectivity index (χ0v) is 19.2. The highest BCUT2D eigenvalue weighted by molar-refractivity contribution is 5.94. The average Bonchev–Trinajstić information content (AvgIpc) is 2.65. The molecule has 2 fully saturated rings. The smallest absolute Gasteiger partial charge is 0.238 e. The molecule has 0 bridgehead atoms. The third kappa shape index (κ3) is 8.80. The van der Waals surface area contributed by atoms with Crippen molar-refractivity contribution in [2.75, 3.05) is 30.3 Å². The first-order chi connectivity index (χ1) is 13.6. The molecule has 2 unspecified atom stereocenters. The van der Waals surface area contributed by atoms with Gasteiger partial charge in [-0.1, -0.05) is 25.7 Å². The Morgan fingerprint density at radius 1 is 0.867 bits per heavy atom. The van der Waals surface area contributed by atoms with E-state index in [0.29, 0.717) is 6.54 Å². The highest BCUT2D eigenvalue weighted by Crippen LogP contribution is 2.25. The van der Waals surface area contributed by atoms with Crippen molar-refractivity contribution < 1.29 is 9.59 Å². The number of nitrogens with zero attached hydrogens (tertiary/aromatic N) is 1. The number of likely N-dealkylation sites (tertiary alicyclic amines) is 1. The maximum absolute atomic E-state index is 12.4. The summed E-state index contributed by atoms with van der Waals surface area (Å²) in [6.07, 6.45) is 9.88. The zero-order valence-electron chi connectivity index (χ0n) is 17.6. The molecule has 2 amide bonds. The van der Waals surface area contributed by atoms with Crippen LogP contribution in [0.4, 0.5) is 11.4 Å². The van der Waals surface area contributed by atoms with E-state index in [1.165, 1.54) is 32.1 Å². The van der Waals surface area contributed by atoms with E-state index in [2.05, 4.69) is 15.5 Å². The predicted molar refractivity (Wildman–Crippen MR) is 128 cm³/mol. The van der Waals surface area contributed by atoms with E-state index in [9.17, 15) is 9.59 Å². The van der Waals surface area contributed by atoms with Gasteiger partial charge in [0.2, 0.25) is 11.8 Å². The summed E-state index contributed by atoms with van der Waals surface area (Å²) in [5, 5.41) is 5.94. The molecule has 1 aromatic carbocycles. The molecule has 6 nitrogen and oxygen atoms in total. The first-order valence-electron chi connectivity index (χ1n) is 10.8. The number of carbonyl (C=O) groups is 2. The lowest BCUT2D eigenvalue weighted by Gasteiger charge is -2.25. The highest BCUT2D eigenvalue weighted by Gasteiger charge is 2.25. The van der Waals surface area contributed by atoms with E-state index in [0.717, 1.165) is 50.1 Å². The summed E-state index contributed by atoms with van der Waals surface area (Å²) < 4.78 is 0. The van der Waals surface area contributed by atoms with Gasteiger partial charge >= 0.3 is 0 Å². The van der Waals surface area contributed by atoms with Crippen LogP contribution in [0.3, 0.4) is 0 Å². The number of halogens is 2. The fraction of sp³-hybridized carbons (Fsp3) is 0.636. The van der Waals surface area contributed by atoms with E-state index < -0.39 is 0 Å². The monoisotopic (exact) mass is 458 g/mol. The van der Waals surface area contributed by atoms with Crippen LogP contribution in [-0.2, 0) is 9.59 Å². The Balaban J connectivity index is 0.00000225. The van der Waals surface area contributed by atoms with Gasteiger partial charge in [-0.3, -0.25) is 14.5 Å². The topological polar surface area (TPSA) is 87.5 Å². The van der Waals surface area contributed by atoms with E-state index in [-0.39, 0.29) is 48.6 Å². The minimum atomic E-state index is 0. The van der Waals surface area contributed by atoms with Crippen molar-refractivity contribution in [3.8, 4) is 0 Å². The second-order valence-corrected chi connectivity index (χ2v) is 8.28. The summed E-state index contributed by atoms with van der Waals surface area (Å²) >= 11 is 0. The van der Waals surface area contributed by atoms with E-state index in [1.54, 1.807) is 0 Å². The van der Waals surface area contributed by atoms with Gasteiger partial charge in [0.25, 0.3) is 0 Å². The molecule has 1 aliphatic heterocycles. The molecule has 1 aliphatic carbocycles. The number of nitrogens with one attached hydrogen (secondary N) is 2. The van der Waals surface area contributed by atoms with Crippen LogP contribution >= 0.6 is 24.8 Å². The Bertz CT molecular complexity index is 649. The van der Waals surface area contributed by atoms with Gasteiger partial charge in [0.15, 0.2) is 0 Å². The Morgan fingerprint density at radius 2 is 1.43 bits per heavy atom. The van der Waals surface area contributed by atoms with Crippen LogP contribution in [0, 0.1) is 5.92 Å². The standard InChI is InChI=1S/C22H34N4O2.2ClH/c23-18-8-6-7-17(15-18)22(28)25-20-11-9-19(10-12-20)24-21(27)16-26-13-4-2-1-3-5-14-26;;/h9-12,17-18H,1-8,13-16,23H2,(H,24,27)(H,25,28);2*1H. The third-order valence-electron chi connectivity index (χ3n) is 5.84. The molecule has 30 heavy (non-hydrogen) atoms. The van der Waals surface area contributed by atoms with Crippen LogP contribution in [0.25, 0.3) is 0 Å².